The molecule has 0 aliphatic carbocycles. The van der Waals surface area contributed by atoms with Gasteiger partial charge in [0.1, 0.15) is 5.03 Å². The van der Waals surface area contributed by atoms with Gasteiger partial charge in [-0.05, 0) is 18.4 Å². The van der Waals surface area contributed by atoms with Crippen LogP contribution in [0.2, 0.25) is 0 Å². The molecule has 1 aromatic rings. The number of anilines is 1. The lowest BCUT2D eigenvalue weighted by molar-refractivity contribution is 1.13. The van der Waals surface area contributed by atoms with E-state index in [1.165, 1.54) is 0 Å². The number of hydrogen-bond acceptors (Lipinski definition) is 3. The molecule has 0 bridgehead atoms. The Balaban J connectivity index is 2.96. The highest BCUT2D eigenvalue weighted by Gasteiger charge is 1.96. The summed E-state index contributed by atoms with van der Waals surface area (Å²) in [5.41, 5.74) is 1.09. The number of nitrogens with zero attached hydrogens (tertiary/aromatic N) is 1. The maximum absolute atomic E-state index is 4.17. The zero-order valence-electron chi connectivity index (χ0n) is 6.09. The first-order chi connectivity index (χ1) is 4.88. The third-order valence-corrected chi connectivity index (χ3v) is 1.95. The normalized spacial score (nSPS) is 9.40. The van der Waals surface area contributed by atoms with Gasteiger partial charge in [-0.3, -0.25) is 0 Å². The van der Waals surface area contributed by atoms with Crippen molar-refractivity contribution in [1.82, 2.24) is 4.98 Å². The Kier molecular flexibility index (Phi) is 2.57. The maximum Gasteiger partial charge on any atom is 0.119 e. The Labute approximate surface area is 65.1 Å². The van der Waals surface area contributed by atoms with Crippen LogP contribution < -0.4 is 5.32 Å². The summed E-state index contributed by atoms with van der Waals surface area (Å²) in [5, 5.41) is 4.11. The van der Waals surface area contributed by atoms with Gasteiger partial charge in [-0.1, -0.05) is 0 Å². The standard InChI is InChI=1S/C7H10N2S/c1-8-6-4-3-5-9-7(6)10-2/h3-5,8H,1-2H3. The van der Waals surface area contributed by atoms with E-state index in [9.17, 15) is 0 Å². The van der Waals surface area contributed by atoms with Crippen molar-refractivity contribution < 1.29 is 0 Å². The molecule has 0 amide bonds. The van der Waals surface area contributed by atoms with Crippen LogP contribution in [0.15, 0.2) is 23.4 Å². The van der Waals surface area contributed by atoms with E-state index in [4.69, 9.17) is 0 Å². The molecule has 1 rings (SSSR count). The summed E-state index contributed by atoms with van der Waals surface area (Å²) >= 11 is 1.65. The first-order valence-electron chi connectivity index (χ1n) is 3.05. The molecule has 0 saturated heterocycles. The largest absolute Gasteiger partial charge is 0.386 e. The van der Waals surface area contributed by atoms with Crippen molar-refractivity contribution in [3.05, 3.63) is 18.3 Å². The van der Waals surface area contributed by atoms with Gasteiger partial charge in [0.25, 0.3) is 0 Å². The third kappa shape index (κ3) is 1.42. The third-order valence-electron chi connectivity index (χ3n) is 1.23. The molecule has 0 aliphatic heterocycles. The van der Waals surface area contributed by atoms with Gasteiger partial charge in [0, 0.05) is 13.2 Å². The summed E-state index contributed by atoms with van der Waals surface area (Å²) in [6.07, 6.45) is 3.82. The zero-order valence-corrected chi connectivity index (χ0v) is 6.90. The van der Waals surface area contributed by atoms with Crippen molar-refractivity contribution >= 4 is 17.4 Å². The summed E-state index contributed by atoms with van der Waals surface area (Å²) in [6, 6.07) is 3.93. The first-order valence-corrected chi connectivity index (χ1v) is 4.27. The van der Waals surface area contributed by atoms with Crippen molar-refractivity contribution in [2.45, 2.75) is 5.03 Å². The second-order valence-electron chi connectivity index (χ2n) is 1.81. The Morgan fingerprint density at radius 1 is 1.60 bits per heavy atom. The summed E-state index contributed by atoms with van der Waals surface area (Å²) in [7, 11) is 1.90. The number of hydrogen-bond donors (Lipinski definition) is 1. The van der Waals surface area contributed by atoms with Gasteiger partial charge in [-0.25, -0.2) is 4.98 Å². The summed E-state index contributed by atoms with van der Waals surface area (Å²) < 4.78 is 0. The number of pyridine rings is 1. The van der Waals surface area contributed by atoms with Gasteiger partial charge in [0.05, 0.1) is 5.69 Å². The maximum atomic E-state index is 4.17. The smallest absolute Gasteiger partial charge is 0.119 e. The van der Waals surface area contributed by atoms with E-state index in [0.717, 1.165) is 10.7 Å². The minimum atomic E-state index is 1.05. The molecule has 1 heterocycles. The van der Waals surface area contributed by atoms with Crippen LogP contribution in [0, 0.1) is 0 Å². The van der Waals surface area contributed by atoms with Gasteiger partial charge in [-0.2, -0.15) is 0 Å². The van der Waals surface area contributed by atoms with E-state index in [2.05, 4.69) is 10.3 Å². The highest BCUT2D eigenvalue weighted by atomic mass is 32.2. The zero-order chi connectivity index (χ0) is 7.40. The lowest BCUT2D eigenvalue weighted by Gasteiger charge is -2.02. The van der Waals surface area contributed by atoms with E-state index >= 15 is 0 Å². The van der Waals surface area contributed by atoms with Crippen molar-refractivity contribution in [2.75, 3.05) is 18.6 Å². The molecule has 0 atom stereocenters. The van der Waals surface area contributed by atoms with Gasteiger partial charge in [0.15, 0.2) is 0 Å². The van der Waals surface area contributed by atoms with Crippen LogP contribution in [0.3, 0.4) is 0 Å². The van der Waals surface area contributed by atoms with Gasteiger partial charge >= 0.3 is 0 Å². The van der Waals surface area contributed by atoms with Crippen LogP contribution in [0.1, 0.15) is 0 Å². The fourth-order valence-corrected chi connectivity index (χ4v) is 1.30. The lowest BCUT2D eigenvalue weighted by atomic mass is 10.4. The van der Waals surface area contributed by atoms with Crippen LogP contribution in [0.5, 0.6) is 0 Å². The molecule has 0 unspecified atom stereocenters. The Morgan fingerprint density at radius 3 is 2.90 bits per heavy atom. The topological polar surface area (TPSA) is 24.9 Å². The second kappa shape index (κ2) is 3.46. The molecule has 1 aromatic heterocycles. The minimum Gasteiger partial charge on any atom is -0.386 e. The molecular weight excluding hydrogens is 144 g/mol. The first kappa shape index (κ1) is 7.41. The SMILES string of the molecule is CNc1cccnc1SC. The number of nitrogens with one attached hydrogen (secondary N) is 1. The number of rotatable bonds is 2. The molecule has 54 valence electrons. The fourth-order valence-electron chi connectivity index (χ4n) is 0.744. The molecule has 0 spiro atoms. The van der Waals surface area contributed by atoms with Crippen LogP contribution in [-0.2, 0) is 0 Å². The summed E-state index contributed by atoms with van der Waals surface area (Å²) in [6.45, 7) is 0. The number of thioether (sulfide) groups is 1. The van der Waals surface area contributed by atoms with Crippen molar-refractivity contribution in [3.8, 4) is 0 Å². The van der Waals surface area contributed by atoms with Crippen molar-refractivity contribution in [3.63, 3.8) is 0 Å². The Morgan fingerprint density at radius 2 is 2.40 bits per heavy atom. The Bertz CT molecular complexity index is 190. The summed E-state index contributed by atoms with van der Waals surface area (Å²) in [5.74, 6) is 0. The molecule has 0 aromatic carbocycles. The molecular formula is C7H10N2S. The van der Waals surface area contributed by atoms with Crippen LogP contribution >= 0.6 is 11.8 Å². The van der Waals surface area contributed by atoms with E-state index in [1.54, 1.807) is 18.0 Å². The molecule has 0 radical (unpaired) electrons. The molecule has 0 aliphatic rings. The monoisotopic (exact) mass is 154 g/mol. The molecule has 0 fully saturated rings. The lowest BCUT2D eigenvalue weighted by Crippen LogP contribution is -1.91. The quantitative estimate of drug-likeness (QED) is 0.658. The fraction of sp³-hybridized carbons (Fsp3) is 0.286. The van der Waals surface area contributed by atoms with Crippen LogP contribution in [0.4, 0.5) is 5.69 Å². The molecule has 2 nitrogen and oxygen atoms in total. The highest BCUT2D eigenvalue weighted by molar-refractivity contribution is 7.98. The van der Waals surface area contributed by atoms with Crippen LogP contribution in [0.25, 0.3) is 0 Å². The molecule has 3 heteroatoms. The molecule has 0 saturated carbocycles. The summed E-state index contributed by atoms with van der Waals surface area (Å²) in [4.78, 5) is 4.17. The average Bonchev–Trinajstić information content (AvgIpc) is 2.04. The van der Waals surface area contributed by atoms with Gasteiger partial charge in [0.2, 0.25) is 0 Å². The predicted octanol–water partition coefficient (Wildman–Crippen LogP) is 1.85. The Hall–Kier alpha value is -0.700. The highest BCUT2D eigenvalue weighted by Crippen LogP contribution is 2.20. The number of aromatic nitrogens is 1. The van der Waals surface area contributed by atoms with E-state index in [-0.39, 0.29) is 0 Å². The minimum absolute atomic E-state index is 1.05. The van der Waals surface area contributed by atoms with Crippen molar-refractivity contribution in [2.24, 2.45) is 0 Å². The predicted molar refractivity (Wildman–Crippen MR) is 45.6 cm³/mol. The van der Waals surface area contributed by atoms with Gasteiger partial charge in [-0.15, -0.1) is 11.8 Å². The van der Waals surface area contributed by atoms with Crippen LogP contribution in [-0.4, -0.2) is 18.3 Å². The van der Waals surface area contributed by atoms with Gasteiger partial charge < -0.3 is 5.32 Å². The average molecular weight is 154 g/mol. The van der Waals surface area contributed by atoms with E-state index in [1.807, 2.05) is 25.4 Å². The molecule has 1 N–H and O–H groups in total. The van der Waals surface area contributed by atoms with Crippen molar-refractivity contribution in [1.29, 1.82) is 0 Å². The van der Waals surface area contributed by atoms with E-state index in [0.29, 0.717) is 0 Å². The molecule has 10 heavy (non-hydrogen) atoms. The second-order valence-corrected chi connectivity index (χ2v) is 2.61. The van der Waals surface area contributed by atoms with E-state index < -0.39 is 0 Å².